The summed E-state index contributed by atoms with van der Waals surface area (Å²) in [6.07, 6.45) is 7.30. The molecule has 2 aromatic rings. The highest BCUT2D eigenvalue weighted by Crippen LogP contribution is 2.37. The zero-order chi connectivity index (χ0) is 14.1. The minimum atomic E-state index is 0.588. The third kappa shape index (κ3) is 2.40. The molecule has 2 aromatic heterocycles. The smallest absolute Gasteiger partial charge is 0.180 e. The second-order valence-corrected chi connectivity index (χ2v) is 5.45. The summed E-state index contributed by atoms with van der Waals surface area (Å²) in [5.41, 5.74) is 3.17. The lowest BCUT2D eigenvalue weighted by atomic mass is 10.2. The van der Waals surface area contributed by atoms with Crippen LogP contribution in [-0.4, -0.2) is 26.1 Å². The summed E-state index contributed by atoms with van der Waals surface area (Å²) in [5.74, 6) is 1.72. The number of imidazole rings is 1. The largest absolute Gasteiger partial charge is 0.370 e. The summed E-state index contributed by atoms with van der Waals surface area (Å²) in [5, 5.41) is 3.39. The summed E-state index contributed by atoms with van der Waals surface area (Å²) in [6.45, 7) is 7.18. The first-order valence-electron chi connectivity index (χ1n) is 7.32. The van der Waals surface area contributed by atoms with E-state index in [1.165, 1.54) is 12.8 Å². The van der Waals surface area contributed by atoms with Crippen LogP contribution in [-0.2, 0) is 0 Å². The van der Waals surface area contributed by atoms with Crippen LogP contribution in [0.4, 0.5) is 5.82 Å². The van der Waals surface area contributed by atoms with Crippen LogP contribution in [0.2, 0.25) is 0 Å². The van der Waals surface area contributed by atoms with Crippen LogP contribution in [0.15, 0.2) is 12.5 Å². The van der Waals surface area contributed by atoms with Gasteiger partial charge in [-0.05, 0) is 33.1 Å². The number of hydrogen-bond donors (Lipinski definition) is 1. The van der Waals surface area contributed by atoms with Crippen LogP contribution in [0.3, 0.4) is 0 Å². The molecular formula is C15H21N5. The Morgan fingerprint density at radius 1 is 1.30 bits per heavy atom. The molecule has 0 atom stereocenters. The minimum Gasteiger partial charge on any atom is -0.370 e. The van der Waals surface area contributed by atoms with Gasteiger partial charge >= 0.3 is 0 Å². The second-order valence-electron chi connectivity index (χ2n) is 5.45. The van der Waals surface area contributed by atoms with Gasteiger partial charge in [0.1, 0.15) is 11.5 Å². The zero-order valence-electron chi connectivity index (χ0n) is 12.3. The molecule has 1 aliphatic carbocycles. The number of aromatic nitrogens is 4. The first-order valence-corrected chi connectivity index (χ1v) is 7.32. The summed E-state index contributed by atoms with van der Waals surface area (Å²) in [4.78, 5) is 13.6. The Morgan fingerprint density at radius 2 is 2.10 bits per heavy atom. The van der Waals surface area contributed by atoms with Crippen LogP contribution in [0.25, 0.3) is 11.5 Å². The monoisotopic (exact) mass is 271 g/mol. The van der Waals surface area contributed by atoms with E-state index in [2.05, 4.69) is 33.7 Å². The second kappa shape index (κ2) is 5.23. The number of anilines is 1. The maximum Gasteiger partial charge on any atom is 0.180 e. The van der Waals surface area contributed by atoms with Crippen molar-refractivity contribution in [3.8, 4) is 11.5 Å². The van der Waals surface area contributed by atoms with Gasteiger partial charge in [0.2, 0.25) is 0 Å². The third-order valence-corrected chi connectivity index (χ3v) is 3.77. The van der Waals surface area contributed by atoms with Gasteiger partial charge in [-0.3, -0.25) is 0 Å². The number of nitrogens with one attached hydrogen (secondary N) is 1. The van der Waals surface area contributed by atoms with Gasteiger partial charge in [0.15, 0.2) is 5.82 Å². The fourth-order valence-corrected chi connectivity index (χ4v) is 2.28. The van der Waals surface area contributed by atoms with Crippen molar-refractivity contribution in [2.24, 2.45) is 0 Å². The maximum absolute atomic E-state index is 4.70. The molecule has 1 N–H and O–H groups in total. The molecule has 0 unspecified atom stereocenters. The van der Waals surface area contributed by atoms with Crippen LogP contribution in [0.5, 0.6) is 0 Å². The van der Waals surface area contributed by atoms with Crippen molar-refractivity contribution in [3.05, 3.63) is 23.8 Å². The van der Waals surface area contributed by atoms with E-state index in [9.17, 15) is 0 Å². The zero-order valence-corrected chi connectivity index (χ0v) is 12.3. The maximum atomic E-state index is 4.70. The topological polar surface area (TPSA) is 55.6 Å². The predicted molar refractivity (Wildman–Crippen MR) is 79.8 cm³/mol. The highest BCUT2D eigenvalue weighted by atomic mass is 15.1. The molecule has 1 saturated carbocycles. The van der Waals surface area contributed by atoms with Gasteiger partial charge in [-0.25, -0.2) is 15.0 Å². The van der Waals surface area contributed by atoms with Crippen molar-refractivity contribution in [3.63, 3.8) is 0 Å². The van der Waals surface area contributed by atoms with Crippen molar-refractivity contribution < 1.29 is 0 Å². The Kier molecular flexibility index (Phi) is 3.42. The van der Waals surface area contributed by atoms with E-state index in [4.69, 9.17) is 4.98 Å². The number of rotatable bonds is 5. The number of hydrogen-bond acceptors (Lipinski definition) is 4. The molecule has 0 radical (unpaired) electrons. The molecule has 3 rings (SSSR count). The van der Waals surface area contributed by atoms with Gasteiger partial charge in [0.05, 0.1) is 12.5 Å². The first-order chi connectivity index (χ1) is 9.70. The quantitative estimate of drug-likeness (QED) is 0.907. The molecule has 5 nitrogen and oxygen atoms in total. The van der Waals surface area contributed by atoms with Gasteiger partial charge in [-0.15, -0.1) is 0 Å². The van der Waals surface area contributed by atoms with Crippen LogP contribution in [0.1, 0.15) is 43.5 Å². The molecule has 0 saturated heterocycles. The lowest BCUT2D eigenvalue weighted by molar-refractivity contribution is 0.742. The lowest BCUT2D eigenvalue weighted by Gasteiger charge is -2.12. The average molecular weight is 271 g/mol. The van der Waals surface area contributed by atoms with Crippen LogP contribution < -0.4 is 5.32 Å². The first kappa shape index (κ1) is 13.1. The highest BCUT2D eigenvalue weighted by Gasteiger charge is 2.26. The lowest BCUT2D eigenvalue weighted by Crippen LogP contribution is -2.08. The SMILES string of the molecule is CCCNc1nc(-c2cncn2C2CC2)nc(C)c1C. The molecular weight excluding hydrogens is 250 g/mol. The van der Waals surface area contributed by atoms with Crippen LogP contribution >= 0.6 is 0 Å². The van der Waals surface area contributed by atoms with Gasteiger partial charge in [0.25, 0.3) is 0 Å². The van der Waals surface area contributed by atoms with Gasteiger partial charge in [-0.1, -0.05) is 6.92 Å². The molecule has 0 aromatic carbocycles. The van der Waals surface area contributed by atoms with E-state index in [1.807, 2.05) is 19.4 Å². The normalized spacial score (nSPS) is 14.6. The standard InChI is InChI=1S/C15H21N5/c1-4-7-17-14-10(2)11(3)18-15(19-14)13-8-16-9-20(13)12-5-6-12/h8-9,12H,4-7H2,1-3H3,(H,17,18,19). The van der Waals surface area contributed by atoms with E-state index < -0.39 is 0 Å². The van der Waals surface area contributed by atoms with Crippen molar-refractivity contribution in [2.45, 2.75) is 46.1 Å². The highest BCUT2D eigenvalue weighted by molar-refractivity contribution is 5.56. The summed E-state index contributed by atoms with van der Waals surface area (Å²) in [6, 6.07) is 0.588. The van der Waals surface area contributed by atoms with Crippen molar-refractivity contribution >= 4 is 5.82 Å². The molecule has 0 spiro atoms. The van der Waals surface area contributed by atoms with E-state index in [1.54, 1.807) is 0 Å². The molecule has 0 aliphatic heterocycles. The van der Waals surface area contributed by atoms with Crippen molar-refractivity contribution in [1.82, 2.24) is 19.5 Å². The van der Waals surface area contributed by atoms with Crippen LogP contribution in [0, 0.1) is 13.8 Å². The Labute approximate surface area is 119 Å². The Morgan fingerprint density at radius 3 is 2.80 bits per heavy atom. The fraction of sp³-hybridized carbons (Fsp3) is 0.533. The van der Waals surface area contributed by atoms with E-state index in [0.29, 0.717) is 6.04 Å². The van der Waals surface area contributed by atoms with Gasteiger partial charge < -0.3 is 9.88 Å². The molecule has 20 heavy (non-hydrogen) atoms. The fourth-order valence-electron chi connectivity index (χ4n) is 2.28. The number of aryl methyl sites for hydroxylation is 1. The molecule has 5 heteroatoms. The average Bonchev–Trinajstić information content (AvgIpc) is 3.17. The predicted octanol–water partition coefficient (Wildman–Crippen LogP) is 3.11. The molecule has 2 heterocycles. The van der Waals surface area contributed by atoms with E-state index >= 15 is 0 Å². The Balaban J connectivity index is 2.00. The number of nitrogens with zero attached hydrogens (tertiary/aromatic N) is 4. The summed E-state index contributed by atoms with van der Waals surface area (Å²) >= 11 is 0. The van der Waals surface area contributed by atoms with Crippen molar-refractivity contribution in [1.29, 1.82) is 0 Å². The molecule has 0 amide bonds. The molecule has 0 bridgehead atoms. The third-order valence-electron chi connectivity index (χ3n) is 3.77. The summed E-state index contributed by atoms with van der Waals surface area (Å²) in [7, 11) is 0. The minimum absolute atomic E-state index is 0.588. The van der Waals surface area contributed by atoms with Crippen molar-refractivity contribution in [2.75, 3.05) is 11.9 Å². The molecule has 1 fully saturated rings. The molecule has 1 aliphatic rings. The Hall–Kier alpha value is -1.91. The van der Waals surface area contributed by atoms with E-state index in [0.717, 1.165) is 41.6 Å². The van der Waals surface area contributed by atoms with Gasteiger partial charge in [0, 0.05) is 23.8 Å². The summed E-state index contributed by atoms with van der Waals surface area (Å²) < 4.78 is 2.20. The Bertz CT molecular complexity index is 613. The van der Waals surface area contributed by atoms with E-state index in [-0.39, 0.29) is 0 Å². The molecule has 106 valence electrons. The van der Waals surface area contributed by atoms with Gasteiger partial charge in [-0.2, -0.15) is 0 Å².